The summed E-state index contributed by atoms with van der Waals surface area (Å²) in [5.41, 5.74) is 7.96. The van der Waals surface area contributed by atoms with Crippen molar-refractivity contribution < 1.29 is 9.47 Å². The minimum absolute atomic E-state index is 0.114. The van der Waals surface area contributed by atoms with Crippen LogP contribution in [0, 0.1) is 22.7 Å². The van der Waals surface area contributed by atoms with Gasteiger partial charge in [0, 0.05) is 0 Å². The van der Waals surface area contributed by atoms with E-state index in [1.807, 2.05) is 37.3 Å². The van der Waals surface area contributed by atoms with Gasteiger partial charge in [-0.1, -0.05) is 74.4 Å². The molecule has 0 saturated carbocycles. The number of rotatable bonds is 19. The van der Waals surface area contributed by atoms with Crippen molar-refractivity contribution in [3.05, 3.63) is 228 Å². The summed E-state index contributed by atoms with van der Waals surface area (Å²) in [5.74, 6) is 1.69. The van der Waals surface area contributed by atoms with E-state index >= 15 is 0 Å². The summed E-state index contributed by atoms with van der Waals surface area (Å²) in [5, 5.41) is 23.4. The average molecular weight is 843 g/mol. The minimum Gasteiger partial charge on any atom is -0.0194 e. The summed E-state index contributed by atoms with van der Waals surface area (Å²) in [7, 11) is -2.30. The standard InChI is InChI=1S/C58H55N2O2P/c1-3-4-17-40-61-52-36-32-49(33-37-52)58(57(47-20-9-5-10-21-47)48-30-28-46(29-31-48)45(2)51(43-59)44-60)50-34-38-53(39-35-50)62-41-18-19-42-63(54-22-11-6-12-23-54,55-24-13-7-14-25-55)56-26-15-8-16-27-56/h5-16,20-39,63H,3-4,17-19,40-42H2,1-2H3/b58-57-. The molecule has 0 unspecified atom stereocenters. The summed E-state index contributed by atoms with van der Waals surface area (Å²) < 4.78 is 12.6. The zero-order chi connectivity index (χ0) is 43.7. The van der Waals surface area contributed by atoms with E-state index in [2.05, 4.69) is 183 Å². The number of nitriles is 2. The molecule has 0 atom stereocenters. The van der Waals surface area contributed by atoms with Crippen LogP contribution < -0.4 is 25.4 Å². The van der Waals surface area contributed by atoms with Crippen molar-refractivity contribution in [3.8, 4) is 23.6 Å². The van der Waals surface area contributed by atoms with Crippen LogP contribution in [0.2, 0.25) is 0 Å². The van der Waals surface area contributed by atoms with Crippen molar-refractivity contribution in [1.29, 1.82) is 10.5 Å². The van der Waals surface area contributed by atoms with E-state index in [-0.39, 0.29) is 5.57 Å². The van der Waals surface area contributed by atoms with E-state index < -0.39 is 7.26 Å². The minimum atomic E-state index is -2.30. The average Bonchev–Trinajstić information content (AvgIpc) is 3.35. The van der Waals surface area contributed by atoms with E-state index in [0.717, 1.165) is 88.7 Å². The summed E-state index contributed by atoms with van der Waals surface area (Å²) >= 11 is 0. The van der Waals surface area contributed by atoms with Crippen LogP contribution in [-0.2, 0) is 0 Å². The molecule has 0 saturated heterocycles. The third-order valence-corrected chi connectivity index (χ3v) is 16.9. The van der Waals surface area contributed by atoms with Gasteiger partial charge in [0.05, 0.1) is 6.61 Å². The second kappa shape index (κ2) is 22.2. The summed E-state index contributed by atoms with van der Waals surface area (Å²) in [4.78, 5) is 0. The maximum atomic E-state index is 9.55. The van der Waals surface area contributed by atoms with Crippen LogP contribution in [0.25, 0.3) is 16.7 Å². The van der Waals surface area contributed by atoms with Gasteiger partial charge in [-0.3, -0.25) is 0 Å². The number of hydrogen-bond donors (Lipinski definition) is 0. The molecule has 63 heavy (non-hydrogen) atoms. The fourth-order valence-corrected chi connectivity index (χ4v) is 13.4. The van der Waals surface area contributed by atoms with Crippen LogP contribution in [0.1, 0.15) is 73.8 Å². The SMILES string of the molecule is CCCCCOc1ccc(/C(=C(\c2ccccc2)c2ccc(C(C)=C(C#N)C#N)cc2)c2ccc(OCCCC[PH](c3ccccc3)(c3ccccc3)c3ccccc3)cc2)cc1. The summed E-state index contributed by atoms with van der Waals surface area (Å²) in [6.07, 6.45) is 6.39. The van der Waals surface area contributed by atoms with Gasteiger partial charge < -0.3 is 4.74 Å². The maximum absolute atomic E-state index is 9.55. The van der Waals surface area contributed by atoms with Crippen molar-refractivity contribution in [2.45, 2.75) is 46.0 Å². The van der Waals surface area contributed by atoms with E-state index in [0.29, 0.717) is 18.8 Å². The first kappa shape index (κ1) is 44.1. The molecule has 5 heteroatoms. The molecule has 0 bridgehead atoms. The number of ether oxygens (including phenoxy) is 2. The van der Waals surface area contributed by atoms with E-state index in [1.165, 1.54) is 15.9 Å². The Kier molecular flexibility index (Phi) is 15.6. The van der Waals surface area contributed by atoms with Crippen LogP contribution in [0.3, 0.4) is 0 Å². The van der Waals surface area contributed by atoms with Crippen molar-refractivity contribution in [1.82, 2.24) is 0 Å². The molecule has 7 rings (SSSR count). The molecule has 0 heterocycles. The molecule has 0 aliphatic carbocycles. The fraction of sp³-hybridized carbons (Fsp3) is 0.172. The Morgan fingerprint density at radius 1 is 0.429 bits per heavy atom. The molecule has 7 aromatic rings. The molecular formula is C58H55N2O2P. The molecule has 0 radical (unpaired) electrons. The van der Waals surface area contributed by atoms with Crippen molar-refractivity contribution in [2.75, 3.05) is 19.4 Å². The van der Waals surface area contributed by atoms with Gasteiger partial charge in [-0.25, -0.2) is 0 Å². The van der Waals surface area contributed by atoms with Gasteiger partial charge >= 0.3 is 220 Å². The number of nitrogens with zero attached hydrogens (tertiary/aromatic N) is 2. The van der Waals surface area contributed by atoms with Crippen LogP contribution >= 0.6 is 7.26 Å². The zero-order valence-corrected chi connectivity index (χ0v) is 37.3. The van der Waals surface area contributed by atoms with Gasteiger partial charge in [0.25, 0.3) is 0 Å². The Balaban J connectivity index is 1.18. The molecule has 0 aliphatic heterocycles. The van der Waals surface area contributed by atoms with Gasteiger partial charge in [-0.15, -0.1) is 0 Å². The summed E-state index contributed by atoms with van der Waals surface area (Å²) in [6, 6.07) is 72.9. The first-order chi connectivity index (χ1) is 31.0. The van der Waals surface area contributed by atoms with Crippen molar-refractivity contribution >= 4 is 39.9 Å². The number of hydrogen-bond acceptors (Lipinski definition) is 4. The smallest absolute Gasteiger partial charge is 0.0194 e. The molecule has 0 N–H and O–H groups in total. The molecular weight excluding hydrogens is 788 g/mol. The molecule has 4 nitrogen and oxygen atoms in total. The Labute approximate surface area is 374 Å². The number of unbranched alkanes of at least 4 members (excludes halogenated alkanes) is 3. The molecule has 314 valence electrons. The topological polar surface area (TPSA) is 66.0 Å². The van der Waals surface area contributed by atoms with E-state index in [4.69, 9.17) is 9.47 Å². The molecule has 0 aliphatic rings. The second-order valence-electron chi connectivity index (χ2n) is 15.8. The predicted octanol–water partition coefficient (Wildman–Crippen LogP) is 13.0. The predicted molar refractivity (Wildman–Crippen MR) is 266 cm³/mol. The molecule has 0 amide bonds. The van der Waals surface area contributed by atoms with Crippen LogP contribution in [0.15, 0.2) is 200 Å². The quantitative estimate of drug-likeness (QED) is 0.0352. The normalized spacial score (nSPS) is 11.7. The monoisotopic (exact) mass is 842 g/mol. The van der Waals surface area contributed by atoms with E-state index in [9.17, 15) is 10.5 Å². The number of allylic oxidation sites excluding steroid dienone is 2. The Morgan fingerprint density at radius 3 is 1.17 bits per heavy atom. The van der Waals surface area contributed by atoms with Crippen LogP contribution in [0.5, 0.6) is 11.5 Å². The van der Waals surface area contributed by atoms with Gasteiger partial charge in [-0.05, 0) is 36.6 Å². The van der Waals surface area contributed by atoms with Crippen molar-refractivity contribution in [3.63, 3.8) is 0 Å². The number of benzene rings is 7. The van der Waals surface area contributed by atoms with Gasteiger partial charge in [0.1, 0.15) is 23.5 Å². The third kappa shape index (κ3) is 10.7. The Hall–Kier alpha value is -6.97. The summed E-state index contributed by atoms with van der Waals surface area (Å²) in [6.45, 7) is 5.34. The Morgan fingerprint density at radius 2 is 0.778 bits per heavy atom. The first-order valence-electron chi connectivity index (χ1n) is 22.1. The van der Waals surface area contributed by atoms with Gasteiger partial charge in [0.2, 0.25) is 0 Å². The first-order valence-corrected chi connectivity index (χ1v) is 24.3. The van der Waals surface area contributed by atoms with Crippen molar-refractivity contribution in [2.24, 2.45) is 0 Å². The zero-order valence-electron chi connectivity index (χ0n) is 36.3. The van der Waals surface area contributed by atoms with Crippen LogP contribution in [-0.4, -0.2) is 19.4 Å². The molecule has 0 spiro atoms. The molecule has 0 fully saturated rings. The second-order valence-corrected chi connectivity index (χ2v) is 19.9. The molecule has 7 aromatic carbocycles. The Bertz CT molecular complexity index is 2550. The fourth-order valence-electron chi connectivity index (χ4n) is 8.50. The molecule has 0 aromatic heterocycles. The van der Waals surface area contributed by atoms with E-state index in [1.54, 1.807) is 0 Å². The van der Waals surface area contributed by atoms with Crippen LogP contribution in [0.4, 0.5) is 0 Å². The van der Waals surface area contributed by atoms with Gasteiger partial charge in [-0.2, -0.15) is 10.5 Å². The third-order valence-electron chi connectivity index (χ3n) is 11.8. The van der Waals surface area contributed by atoms with Gasteiger partial charge in [0.15, 0.2) is 0 Å².